The molecule has 0 aliphatic heterocycles. The van der Waals surface area contributed by atoms with Crippen molar-refractivity contribution in [3.63, 3.8) is 0 Å². The summed E-state index contributed by atoms with van der Waals surface area (Å²) in [6, 6.07) is 81.2. The minimum absolute atomic E-state index is 1.11. The van der Waals surface area contributed by atoms with E-state index < -0.39 is 0 Å². The molecule has 0 saturated carbocycles. The average molecular weight is 730 g/mol. The molecule has 0 bridgehead atoms. The van der Waals surface area contributed by atoms with Crippen LogP contribution in [0.1, 0.15) is 13.8 Å². The van der Waals surface area contributed by atoms with E-state index in [4.69, 9.17) is 0 Å². The summed E-state index contributed by atoms with van der Waals surface area (Å²) < 4.78 is 0. The minimum Gasteiger partial charge on any atom is -0.311 e. The van der Waals surface area contributed by atoms with Crippen LogP contribution in [0.2, 0.25) is 0 Å². The monoisotopic (exact) mass is 729 g/mol. The third-order valence-corrected chi connectivity index (χ3v) is 10.9. The van der Waals surface area contributed by atoms with Crippen molar-refractivity contribution in [2.45, 2.75) is 13.8 Å². The Balaban J connectivity index is 0.00000208. The van der Waals surface area contributed by atoms with Crippen LogP contribution in [-0.2, 0) is 0 Å². The van der Waals surface area contributed by atoms with Gasteiger partial charge in [0.2, 0.25) is 0 Å². The number of hydrogen-bond donors (Lipinski definition) is 0. The van der Waals surface area contributed by atoms with E-state index in [-0.39, 0.29) is 0 Å². The molecule has 0 amide bonds. The Morgan fingerprint density at radius 1 is 0.228 bits per heavy atom. The van der Waals surface area contributed by atoms with Crippen LogP contribution in [0.3, 0.4) is 0 Å². The van der Waals surface area contributed by atoms with Crippen LogP contribution in [0, 0.1) is 0 Å². The number of rotatable bonds is 7. The summed E-state index contributed by atoms with van der Waals surface area (Å²) in [6.07, 6.45) is 0. The molecule has 57 heavy (non-hydrogen) atoms. The summed E-state index contributed by atoms with van der Waals surface area (Å²) in [7, 11) is 0. The molecule has 272 valence electrons. The van der Waals surface area contributed by atoms with E-state index in [1.807, 2.05) is 13.8 Å². The molecule has 10 rings (SSSR count). The Morgan fingerprint density at radius 2 is 0.509 bits per heavy atom. The predicted molar refractivity (Wildman–Crippen MR) is 247 cm³/mol. The highest BCUT2D eigenvalue weighted by atomic mass is 15.1. The Morgan fingerprint density at radius 3 is 0.912 bits per heavy atom. The second-order valence-electron chi connectivity index (χ2n) is 14.1. The van der Waals surface area contributed by atoms with Gasteiger partial charge in [0.15, 0.2) is 0 Å². The molecule has 0 unspecified atom stereocenters. The van der Waals surface area contributed by atoms with E-state index in [1.165, 1.54) is 76.8 Å². The lowest BCUT2D eigenvalue weighted by molar-refractivity contribution is 1.28. The lowest BCUT2D eigenvalue weighted by atomic mass is 9.89. The van der Waals surface area contributed by atoms with Crippen molar-refractivity contribution in [1.82, 2.24) is 0 Å². The fourth-order valence-electron chi connectivity index (χ4n) is 8.16. The number of hydrogen-bond acceptors (Lipinski definition) is 1. The standard InChI is InChI=1S/C54H37N.C2H6/c1-3-12-38(13-4-1)41-26-32-45(33-27-41)55(46-34-28-42(29-35-46)39-14-5-2-6-15-39)47-36-30-43(31-37-47)40-22-24-44(25-23-40)48-20-11-21-53-51-17-8-7-16-49(51)50-18-9-10-19-52(50)54(48)53;1-2/h1-37H;1-2H3. The van der Waals surface area contributed by atoms with Crippen molar-refractivity contribution in [3.05, 3.63) is 224 Å². The molecule has 0 aliphatic rings. The van der Waals surface area contributed by atoms with Gasteiger partial charge >= 0.3 is 0 Å². The Bertz CT molecular complexity index is 2780. The maximum absolute atomic E-state index is 2.34. The first-order valence-electron chi connectivity index (χ1n) is 19.9. The zero-order valence-corrected chi connectivity index (χ0v) is 32.3. The molecular formula is C56H43N. The molecule has 0 atom stereocenters. The second-order valence-corrected chi connectivity index (χ2v) is 14.1. The largest absolute Gasteiger partial charge is 0.311 e. The zero-order chi connectivity index (χ0) is 38.6. The van der Waals surface area contributed by atoms with E-state index in [1.54, 1.807) is 0 Å². The van der Waals surface area contributed by atoms with Crippen molar-refractivity contribution in [3.8, 4) is 44.5 Å². The zero-order valence-electron chi connectivity index (χ0n) is 32.3. The highest BCUT2D eigenvalue weighted by molar-refractivity contribution is 6.28. The van der Waals surface area contributed by atoms with Gasteiger partial charge in [-0.25, -0.2) is 0 Å². The van der Waals surface area contributed by atoms with Gasteiger partial charge in [-0.05, 0) is 113 Å². The normalized spacial score (nSPS) is 11.0. The molecular weight excluding hydrogens is 687 g/mol. The van der Waals surface area contributed by atoms with E-state index >= 15 is 0 Å². The summed E-state index contributed by atoms with van der Waals surface area (Å²) in [5.41, 5.74) is 13.0. The van der Waals surface area contributed by atoms with Crippen LogP contribution >= 0.6 is 0 Å². The summed E-state index contributed by atoms with van der Waals surface area (Å²) in [5.74, 6) is 0. The third-order valence-electron chi connectivity index (χ3n) is 10.9. The van der Waals surface area contributed by atoms with E-state index in [0.717, 1.165) is 17.1 Å². The highest BCUT2D eigenvalue weighted by Crippen LogP contribution is 2.41. The van der Waals surface area contributed by atoms with E-state index in [9.17, 15) is 0 Å². The number of nitrogens with zero attached hydrogens (tertiary/aromatic N) is 1. The first-order chi connectivity index (χ1) is 28.3. The van der Waals surface area contributed by atoms with Gasteiger partial charge < -0.3 is 4.90 Å². The predicted octanol–water partition coefficient (Wildman–Crippen LogP) is 16.3. The highest BCUT2D eigenvalue weighted by Gasteiger charge is 2.15. The number of anilines is 3. The van der Waals surface area contributed by atoms with Gasteiger partial charge in [0, 0.05) is 17.1 Å². The SMILES string of the molecule is CC.c1ccc(-c2ccc(N(c3ccc(-c4ccccc4)cc3)c3ccc(-c4ccc(-c5cccc6c7ccccc7c7ccccc7c56)cc4)cc3)cc2)cc1. The maximum Gasteiger partial charge on any atom is 0.0462 e. The van der Waals surface area contributed by atoms with Crippen LogP contribution in [0.5, 0.6) is 0 Å². The molecule has 1 nitrogen and oxygen atoms in total. The van der Waals surface area contributed by atoms with E-state index in [0.29, 0.717) is 0 Å². The quantitative estimate of drug-likeness (QED) is 0.148. The lowest BCUT2D eigenvalue weighted by Crippen LogP contribution is -2.09. The van der Waals surface area contributed by atoms with Gasteiger partial charge in [-0.1, -0.05) is 202 Å². The Hall–Kier alpha value is -7.22. The van der Waals surface area contributed by atoms with E-state index in [2.05, 4.69) is 229 Å². The summed E-state index contributed by atoms with van der Waals surface area (Å²) in [5, 5.41) is 7.78. The molecule has 0 spiro atoms. The van der Waals surface area contributed by atoms with Gasteiger partial charge in [0.1, 0.15) is 0 Å². The fourth-order valence-corrected chi connectivity index (χ4v) is 8.16. The third kappa shape index (κ3) is 6.86. The van der Waals surface area contributed by atoms with Crippen molar-refractivity contribution in [2.24, 2.45) is 0 Å². The molecule has 0 saturated heterocycles. The Labute approximate surface area is 335 Å². The fraction of sp³-hybridized carbons (Fsp3) is 0.0357. The number of benzene rings is 10. The summed E-state index contributed by atoms with van der Waals surface area (Å²) >= 11 is 0. The number of fused-ring (bicyclic) bond motifs is 6. The minimum atomic E-state index is 1.11. The topological polar surface area (TPSA) is 3.24 Å². The summed E-state index contributed by atoms with van der Waals surface area (Å²) in [6.45, 7) is 4.00. The Kier molecular flexibility index (Phi) is 9.88. The first-order valence-corrected chi connectivity index (χ1v) is 19.9. The van der Waals surface area contributed by atoms with Crippen molar-refractivity contribution in [1.29, 1.82) is 0 Å². The molecule has 0 N–H and O–H groups in total. The van der Waals surface area contributed by atoms with Crippen LogP contribution in [0.25, 0.3) is 76.8 Å². The molecule has 0 aromatic heterocycles. The molecule has 10 aromatic rings. The van der Waals surface area contributed by atoms with Gasteiger partial charge in [-0.2, -0.15) is 0 Å². The van der Waals surface area contributed by atoms with Crippen LogP contribution in [0.15, 0.2) is 224 Å². The van der Waals surface area contributed by atoms with Crippen LogP contribution in [0.4, 0.5) is 17.1 Å². The summed E-state index contributed by atoms with van der Waals surface area (Å²) in [4.78, 5) is 2.34. The average Bonchev–Trinajstić information content (AvgIpc) is 3.31. The van der Waals surface area contributed by atoms with Crippen molar-refractivity contribution >= 4 is 49.4 Å². The van der Waals surface area contributed by atoms with Gasteiger partial charge in [0.25, 0.3) is 0 Å². The molecule has 0 fully saturated rings. The van der Waals surface area contributed by atoms with Crippen molar-refractivity contribution < 1.29 is 0 Å². The molecule has 1 heteroatoms. The van der Waals surface area contributed by atoms with Crippen LogP contribution < -0.4 is 4.90 Å². The molecule has 0 aliphatic carbocycles. The molecule has 0 heterocycles. The molecule has 0 radical (unpaired) electrons. The van der Waals surface area contributed by atoms with Crippen LogP contribution in [-0.4, -0.2) is 0 Å². The maximum atomic E-state index is 2.34. The smallest absolute Gasteiger partial charge is 0.0462 e. The molecule has 10 aromatic carbocycles. The van der Waals surface area contributed by atoms with Gasteiger partial charge in [0.05, 0.1) is 0 Å². The first kappa shape index (κ1) is 35.5. The van der Waals surface area contributed by atoms with Gasteiger partial charge in [-0.3, -0.25) is 0 Å². The second kappa shape index (κ2) is 15.9. The van der Waals surface area contributed by atoms with Crippen molar-refractivity contribution in [2.75, 3.05) is 4.90 Å². The van der Waals surface area contributed by atoms with Gasteiger partial charge in [-0.15, -0.1) is 0 Å². The lowest BCUT2D eigenvalue weighted by Gasteiger charge is -2.26.